The summed E-state index contributed by atoms with van der Waals surface area (Å²) < 4.78 is 1.64. The van der Waals surface area contributed by atoms with E-state index in [1.54, 1.807) is 0 Å². The number of nitrogens with two attached hydrogens (primary N) is 2. The second kappa shape index (κ2) is 10.7. The predicted octanol–water partition coefficient (Wildman–Crippen LogP) is 4.70. The fraction of sp³-hybridized carbons (Fsp3) is 0.727. The molecular weight excluding hydrogens is 441 g/mol. The first-order valence-electron chi connectivity index (χ1n) is 10.8. The van der Waals surface area contributed by atoms with Crippen LogP contribution in [0.2, 0.25) is 3.43 Å². The summed E-state index contributed by atoms with van der Waals surface area (Å²) in [6.07, 6.45) is 13.9. The van der Waals surface area contributed by atoms with E-state index in [0.717, 1.165) is 5.56 Å². The van der Waals surface area contributed by atoms with E-state index in [1.807, 2.05) is 0 Å². The summed E-state index contributed by atoms with van der Waals surface area (Å²) in [4.78, 5) is 16.7. The third kappa shape index (κ3) is 6.36. The Balaban J connectivity index is 2.37. The number of primary amides is 1. The van der Waals surface area contributed by atoms with Crippen LogP contribution in [0.5, 0.6) is 0 Å². The van der Waals surface area contributed by atoms with Gasteiger partial charge in [-0.2, -0.15) is 0 Å². The van der Waals surface area contributed by atoms with Crippen molar-refractivity contribution in [1.82, 2.24) is 4.98 Å². The van der Waals surface area contributed by atoms with Gasteiger partial charge in [-0.15, -0.1) is 0 Å². The molecule has 150 valence electrons. The number of nitrogens with zero attached hydrogens (tertiary/aromatic N) is 1. The first-order chi connectivity index (χ1) is 13.0. The zero-order valence-corrected chi connectivity index (χ0v) is 20.3. The van der Waals surface area contributed by atoms with Crippen molar-refractivity contribution < 1.29 is 4.79 Å². The summed E-state index contributed by atoms with van der Waals surface area (Å²) in [5, 5.41) is 0. The third-order valence-electron chi connectivity index (χ3n) is 5.76. The maximum atomic E-state index is 11.9. The molecule has 1 heterocycles. The number of unbranched alkanes of at least 4 members (excludes halogenated alkanes) is 3. The van der Waals surface area contributed by atoms with Crippen LogP contribution in [0.1, 0.15) is 113 Å². The predicted molar refractivity (Wildman–Crippen MR) is 116 cm³/mol. The molecule has 1 aliphatic carbocycles. The number of pyridine rings is 1. The maximum absolute atomic E-state index is 11.9. The molecule has 0 spiro atoms. The normalized spacial score (nSPS) is 14.5. The van der Waals surface area contributed by atoms with E-state index < -0.39 is 27.0 Å². The topological polar surface area (TPSA) is 82.0 Å². The van der Waals surface area contributed by atoms with E-state index in [4.69, 9.17) is 16.5 Å². The summed E-state index contributed by atoms with van der Waals surface area (Å²) in [6.45, 7) is 6.86. The van der Waals surface area contributed by atoms with Gasteiger partial charge in [0.05, 0.1) is 0 Å². The Morgan fingerprint density at radius 1 is 1.11 bits per heavy atom. The van der Waals surface area contributed by atoms with Crippen molar-refractivity contribution in [3.8, 4) is 0 Å². The Morgan fingerprint density at radius 3 is 2.04 bits per heavy atom. The number of aromatic nitrogens is 1. The molecule has 2 radical (unpaired) electrons. The third-order valence-corrected chi connectivity index (χ3v) is 10.9. The molecule has 1 saturated carbocycles. The van der Waals surface area contributed by atoms with Gasteiger partial charge >= 0.3 is 176 Å². The Kier molecular flexibility index (Phi) is 8.90. The van der Waals surface area contributed by atoms with Crippen molar-refractivity contribution in [3.05, 3.63) is 17.3 Å². The SMILES string of the molecule is CCCC[C](CCCC)(CCCC)[Sn][c]1cc(C2CC2)c(N)c(C(N)=O)n1. The molecule has 1 amide bonds. The number of hydrogen-bond acceptors (Lipinski definition) is 3. The molecular formula is C22H37N3OSn. The summed E-state index contributed by atoms with van der Waals surface area (Å²) in [5.41, 5.74) is 13.9. The first kappa shape index (κ1) is 22.5. The van der Waals surface area contributed by atoms with Gasteiger partial charge in [-0.25, -0.2) is 0 Å². The fourth-order valence-electron chi connectivity index (χ4n) is 3.94. The quantitative estimate of drug-likeness (QED) is 0.404. The van der Waals surface area contributed by atoms with Gasteiger partial charge < -0.3 is 0 Å². The van der Waals surface area contributed by atoms with Crippen LogP contribution in [0.3, 0.4) is 0 Å². The number of amides is 1. The number of rotatable bonds is 13. The molecule has 5 heteroatoms. The molecule has 0 aliphatic heterocycles. The minimum atomic E-state index is -0.987. The zero-order valence-electron chi connectivity index (χ0n) is 17.4. The van der Waals surface area contributed by atoms with E-state index in [9.17, 15) is 4.79 Å². The van der Waals surface area contributed by atoms with Crippen LogP contribution in [-0.4, -0.2) is 32.0 Å². The van der Waals surface area contributed by atoms with Gasteiger partial charge in [0.25, 0.3) is 0 Å². The van der Waals surface area contributed by atoms with Gasteiger partial charge in [0.1, 0.15) is 0 Å². The van der Waals surface area contributed by atoms with Crippen molar-refractivity contribution in [2.45, 2.75) is 101 Å². The van der Waals surface area contributed by atoms with E-state index in [-0.39, 0.29) is 0 Å². The Hall–Kier alpha value is -0.781. The molecule has 2 rings (SSSR count). The van der Waals surface area contributed by atoms with Crippen LogP contribution in [-0.2, 0) is 0 Å². The molecule has 0 saturated heterocycles. The Labute approximate surface area is 175 Å². The van der Waals surface area contributed by atoms with Crippen molar-refractivity contribution in [2.24, 2.45) is 5.73 Å². The van der Waals surface area contributed by atoms with Gasteiger partial charge in [0.15, 0.2) is 0 Å². The molecule has 0 atom stereocenters. The standard InChI is InChI=1S/C13H27.C9H10N3O.Sn/c1-4-7-10-13(11-8-5-2)12-9-6-3;10-7-6(5-1-2-5)3-4-12-8(7)9(11)13;/h4-12H2,1-3H3;3,5H,1-2,10H2,(H2,11,13);. The van der Waals surface area contributed by atoms with Gasteiger partial charge in [-0.05, 0) is 0 Å². The van der Waals surface area contributed by atoms with Crippen molar-refractivity contribution in [1.29, 1.82) is 0 Å². The molecule has 0 bridgehead atoms. The molecule has 0 aromatic carbocycles. The average Bonchev–Trinajstić information content (AvgIpc) is 3.49. The molecule has 4 N–H and O–H groups in total. The monoisotopic (exact) mass is 479 g/mol. The van der Waals surface area contributed by atoms with Crippen LogP contribution in [0, 0.1) is 0 Å². The summed E-state index contributed by atoms with van der Waals surface area (Å²) in [7, 11) is 0. The number of anilines is 1. The summed E-state index contributed by atoms with van der Waals surface area (Å²) in [6, 6.07) is 2.25. The van der Waals surface area contributed by atoms with Crippen molar-refractivity contribution >= 4 is 36.4 Å². The summed E-state index contributed by atoms with van der Waals surface area (Å²) >= 11 is -0.987. The van der Waals surface area contributed by atoms with Crippen molar-refractivity contribution in [2.75, 3.05) is 5.73 Å². The zero-order chi connectivity index (χ0) is 19.9. The van der Waals surface area contributed by atoms with Gasteiger partial charge in [-0.3, -0.25) is 0 Å². The second-order valence-electron chi connectivity index (χ2n) is 8.21. The van der Waals surface area contributed by atoms with E-state index in [0.29, 0.717) is 20.7 Å². The fourth-order valence-corrected chi connectivity index (χ4v) is 9.20. The van der Waals surface area contributed by atoms with Gasteiger partial charge in [0, 0.05) is 0 Å². The van der Waals surface area contributed by atoms with Crippen LogP contribution >= 0.6 is 0 Å². The van der Waals surface area contributed by atoms with Gasteiger partial charge in [-0.1, -0.05) is 0 Å². The minimum absolute atomic E-state index is 0.325. The molecule has 1 fully saturated rings. The molecule has 1 aliphatic rings. The van der Waals surface area contributed by atoms with E-state index in [1.165, 1.54) is 74.3 Å². The van der Waals surface area contributed by atoms with Crippen LogP contribution in [0.15, 0.2) is 6.07 Å². The molecule has 4 nitrogen and oxygen atoms in total. The van der Waals surface area contributed by atoms with Gasteiger partial charge in [0.2, 0.25) is 0 Å². The van der Waals surface area contributed by atoms with E-state index in [2.05, 4.69) is 26.8 Å². The number of nitrogen functional groups attached to an aromatic ring is 1. The molecule has 1 aromatic rings. The van der Waals surface area contributed by atoms with Crippen molar-refractivity contribution in [3.63, 3.8) is 0 Å². The van der Waals surface area contributed by atoms with Crippen LogP contribution in [0.4, 0.5) is 5.69 Å². The van der Waals surface area contributed by atoms with Crippen LogP contribution in [0.25, 0.3) is 0 Å². The molecule has 1 aromatic heterocycles. The number of carbonyl (C=O) groups is 1. The van der Waals surface area contributed by atoms with E-state index >= 15 is 0 Å². The Morgan fingerprint density at radius 2 is 1.63 bits per heavy atom. The first-order valence-corrected chi connectivity index (χ1v) is 13.7. The molecule has 0 unspecified atom stereocenters. The Bertz CT molecular complexity index is 606. The second-order valence-corrected chi connectivity index (χ2v) is 13.4. The average molecular weight is 478 g/mol. The number of carbonyl (C=O) groups excluding carboxylic acids is 1. The number of hydrogen-bond donors (Lipinski definition) is 2. The molecule has 27 heavy (non-hydrogen) atoms. The van der Waals surface area contributed by atoms with Crippen LogP contribution < -0.4 is 15.2 Å². The summed E-state index contributed by atoms with van der Waals surface area (Å²) in [5.74, 6) is 0.0393.